The number of benzene rings is 2. The van der Waals surface area contributed by atoms with Crippen molar-refractivity contribution in [3.63, 3.8) is 0 Å². The van der Waals surface area contributed by atoms with Crippen LogP contribution in [0.3, 0.4) is 0 Å². The summed E-state index contributed by atoms with van der Waals surface area (Å²) in [4.78, 5) is 3.18. The minimum absolute atomic E-state index is 0.0613. The van der Waals surface area contributed by atoms with Crippen molar-refractivity contribution < 1.29 is 4.74 Å². The number of nitrogens with zero attached hydrogens (tertiary/aromatic N) is 1. The van der Waals surface area contributed by atoms with Crippen molar-refractivity contribution in [2.75, 3.05) is 6.73 Å². The van der Waals surface area contributed by atoms with Crippen LogP contribution in [-0.2, 0) is 6.42 Å². The summed E-state index contributed by atoms with van der Waals surface area (Å²) in [6.07, 6.45) is 0.894. The maximum absolute atomic E-state index is 6.72. The van der Waals surface area contributed by atoms with Crippen LogP contribution in [0, 0.1) is 6.57 Å². The van der Waals surface area contributed by atoms with Gasteiger partial charge in [-0.25, -0.2) is 6.57 Å². The molecule has 0 bridgehead atoms. The van der Waals surface area contributed by atoms with Crippen LogP contribution >= 0.6 is 0 Å². The van der Waals surface area contributed by atoms with E-state index < -0.39 is 0 Å². The third kappa shape index (κ3) is 4.34. The van der Waals surface area contributed by atoms with Crippen LogP contribution in [-0.4, -0.2) is 12.8 Å². The zero-order chi connectivity index (χ0) is 15.1. The lowest BCUT2D eigenvalue weighted by molar-refractivity contribution is 0.361. The highest BCUT2D eigenvalue weighted by Gasteiger charge is 2.16. The first-order valence-electron chi connectivity index (χ1n) is 7.06. The van der Waals surface area contributed by atoms with E-state index in [-0.39, 0.29) is 12.8 Å². The molecule has 2 atom stereocenters. The van der Waals surface area contributed by atoms with Gasteiger partial charge in [-0.1, -0.05) is 42.5 Å². The van der Waals surface area contributed by atoms with E-state index >= 15 is 0 Å². The second kappa shape index (κ2) is 7.47. The summed E-state index contributed by atoms with van der Waals surface area (Å²) in [6.45, 7) is 8.82. The average molecular weight is 280 g/mol. The molecule has 0 aliphatic rings. The van der Waals surface area contributed by atoms with Gasteiger partial charge in [-0.3, -0.25) is 4.85 Å². The maximum Gasteiger partial charge on any atom is 0.357 e. The molecule has 3 nitrogen and oxygen atoms in total. The Labute approximate surface area is 126 Å². The molecule has 0 saturated carbocycles. The Kier molecular flexibility index (Phi) is 5.36. The first kappa shape index (κ1) is 15.1. The largest absolute Gasteiger partial charge is 0.426 e. The maximum atomic E-state index is 6.72. The van der Waals surface area contributed by atoms with Gasteiger partial charge in [0.05, 0.1) is 0 Å². The fourth-order valence-corrected chi connectivity index (χ4v) is 2.39. The van der Waals surface area contributed by atoms with Crippen LogP contribution in [0.25, 0.3) is 4.85 Å². The van der Waals surface area contributed by atoms with Gasteiger partial charge in [0.2, 0.25) is 0 Å². The van der Waals surface area contributed by atoms with E-state index in [9.17, 15) is 0 Å². The Morgan fingerprint density at radius 3 is 2.33 bits per heavy atom. The lowest BCUT2D eigenvalue weighted by Crippen LogP contribution is -2.26. The smallest absolute Gasteiger partial charge is 0.357 e. The molecule has 0 saturated heterocycles. The van der Waals surface area contributed by atoms with Crippen LogP contribution in [0.5, 0.6) is 5.75 Å². The van der Waals surface area contributed by atoms with Gasteiger partial charge in [0.1, 0.15) is 5.75 Å². The highest BCUT2D eigenvalue weighted by atomic mass is 16.5. The van der Waals surface area contributed by atoms with Crippen molar-refractivity contribution in [1.82, 2.24) is 0 Å². The van der Waals surface area contributed by atoms with Crippen molar-refractivity contribution in [2.45, 2.75) is 25.3 Å². The fraction of sp³-hybridized carbons (Fsp3) is 0.278. The molecule has 0 radical (unpaired) electrons. The molecule has 0 heterocycles. The Morgan fingerprint density at radius 1 is 1.10 bits per heavy atom. The van der Waals surface area contributed by atoms with E-state index in [2.05, 4.69) is 17.0 Å². The normalized spacial score (nSPS) is 13.2. The number of hydrogen-bond acceptors (Lipinski definition) is 2. The van der Waals surface area contributed by atoms with Crippen molar-refractivity contribution in [3.8, 4) is 5.75 Å². The monoisotopic (exact) mass is 280 g/mol. The molecular weight excluding hydrogens is 260 g/mol. The molecule has 2 unspecified atom stereocenters. The summed E-state index contributed by atoms with van der Waals surface area (Å²) < 4.78 is 5.27. The molecule has 108 valence electrons. The van der Waals surface area contributed by atoms with E-state index in [0.29, 0.717) is 5.92 Å². The topological polar surface area (TPSA) is 39.6 Å². The van der Waals surface area contributed by atoms with Crippen LogP contribution in [0.4, 0.5) is 0 Å². The highest BCUT2D eigenvalue weighted by molar-refractivity contribution is 5.30. The zero-order valence-electron chi connectivity index (χ0n) is 12.2. The first-order valence-corrected chi connectivity index (χ1v) is 7.06. The summed E-state index contributed by atoms with van der Waals surface area (Å²) in [5, 5.41) is 0. The Hall–Kier alpha value is -2.31. The fourth-order valence-electron chi connectivity index (χ4n) is 2.39. The van der Waals surface area contributed by atoms with E-state index in [1.165, 1.54) is 11.1 Å². The molecule has 0 aliphatic heterocycles. The molecule has 2 aromatic carbocycles. The van der Waals surface area contributed by atoms with Crippen LogP contribution in [0.2, 0.25) is 0 Å². The Bertz CT molecular complexity index is 585. The van der Waals surface area contributed by atoms with Gasteiger partial charge in [0.15, 0.2) is 0 Å². The molecule has 0 fully saturated rings. The Morgan fingerprint density at radius 2 is 1.76 bits per heavy atom. The summed E-state index contributed by atoms with van der Waals surface area (Å²) in [5.74, 6) is 1.02. The van der Waals surface area contributed by atoms with E-state index in [1.807, 2.05) is 49.4 Å². The summed E-state index contributed by atoms with van der Waals surface area (Å²) in [5.41, 5.74) is 8.64. The predicted octanol–water partition coefficient (Wildman–Crippen LogP) is 3.62. The molecule has 3 heteroatoms. The molecule has 0 aliphatic carbocycles. The first-order chi connectivity index (χ1) is 10.2. The highest BCUT2D eigenvalue weighted by Crippen LogP contribution is 2.24. The van der Waals surface area contributed by atoms with Crippen molar-refractivity contribution in [1.29, 1.82) is 0 Å². The summed E-state index contributed by atoms with van der Waals surface area (Å²) in [7, 11) is 0. The van der Waals surface area contributed by atoms with E-state index in [4.69, 9.17) is 17.0 Å². The number of ether oxygens (including phenoxy) is 1. The Balaban J connectivity index is 2.09. The molecule has 21 heavy (non-hydrogen) atoms. The minimum Gasteiger partial charge on any atom is -0.426 e. The van der Waals surface area contributed by atoms with Gasteiger partial charge in [0.25, 0.3) is 0 Å². The van der Waals surface area contributed by atoms with Crippen LogP contribution < -0.4 is 10.5 Å². The molecule has 0 amide bonds. The predicted molar refractivity (Wildman–Crippen MR) is 85.1 cm³/mol. The zero-order valence-corrected chi connectivity index (χ0v) is 12.2. The third-order valence-corrected chi connectivity index (χ3v) is 3.54. The molecule has 2 rings (SSSR count). The second-order valence-electron chi connectivity index (χ2n) is 5.16. The van der Waals surface area contributed by atoms with E-state index in [0.717, 1.165) is 12.2 Å². The van der Waals surface area contributed by atoms with E-state index in [1.54, 1.807) is 0 Å². The van der Waals surface area contributed by atoms with Crippen molar-refractivity contribution >= 4 is 0 Å². The molecular formula is C18H20N2O. The summed E-state index contributed by atoms with van der Waals surface area (Å²) >= 11 is 0. The second-order valence-corrected chi connectivity index (χ2v) is 5.16. The lowest BCUT2D eigenvalue weighted by atomic mass is 9.87. The number of hydrogen-bond donors (Lipinski definition) is 1. The van der Waals surface area contributed by atoms with Gasteiger partial charge in [0, 0.05) is 12.0 Å². The minimum atomic E-state index is 0.0613. The third-order valence-electron chi connectivity index (χ3n) is 3.54. The van der Waals surface area contributed by atoms with Crippen molar-refractivity contribution in [2.24, 2.45) is 5.73 Å². The number of rotatable bonds is 6. The van der Waals surface area contributed by atoms with Gasteiger partial charge in [-0.2, -0.15) is 0 Å². The average Bonchev–Trinajstić information content (AvgIpc) is 2.52. The van der Waals surface area contributed by atoms with Crippen LogP contribution in [0.15, 0.2) is 54.6 Å². The standard InChI is InChI=1S/C18H20N2O/c1-14(19)18(16-6-4-3-5-7-16)12-15-8-10-17(11-9-15)21-13-20-2/h3-11,14,18H,12-13,19H2,1H3. The SMILES string of the molecule is [C-]#[N+]COc1ccc(CC(c2ccccc2)C(C)N)cc1. The van der Waals surface area contributed by atoms with Crippen molar-refractivity contribution in [3.05, 3.63) is 77.1 Å². The lowest BCUT2D eigenvalue weighted by Gasteiger charge is -2.21. The van der Waals surface area contributed by atoms with Gasteiger partial charge in [-0.15, -0.1) is 0 Å². The van der Waals surface area contributed by atoms with Crippen LogP contribution in [0.1, 0.15) is 24.0 Å². The van der Waals surface area contributed by atoms with Gasteiger partial charge >= 0.3 is 6.73 Å². The quantitative estimate of drug-likeness (QED) is 0.821. The molecule has 2 N–H and O–H groups in total. The number of nitrogens with two attached hydrogens (primary N) is 1. The summed E-state index contributed by atoms with van der Waals surface area (Å²) in [6, 6.07) is 18.3. The molecule has 0 spiro atoms. The van der Waals surface area contributed by atoms with Gasteiger partial charge < -0.3 is 10.5 Å². The van der Waals surface area contributed by atoms with Gasteiger partial charge in [-0.05, 0) is 36.6 Å². The molecule has 0 aromatic heterocycles. The molecule has 2 aromatic rings.